The van der Waals surface area contributed by atoms with E-state index in [9.17, 15) is 0 Å². The van der Waals surface area contributed by atoms with Crippen LogP contribution in [0.4, 0.5) is 0 Å². The van der Waals surface area contributed by atoms with Gasteiger partial charge in [-0.05, 0) is 58.5 Å². The highest BCUT2D eigenvalue weighted by atomic mass is 15.2. The molecule has 0 amide bonds. The summed E-state index contributed by atoms with van der Waals surface area (Å²) in [6.07, 6.45) is 4.21. The highest BCUT2D eigenvalue weighted by Crippen LogP contribution is 2.39. The average molecular weight is 196 g/mol. The molecule has 2 fully saturated rings. The Morgan fingerprint density at radius 3 is 2.36 bits per heavy atom. The molecule has 1 N–H and O–H groups in total. The van der Waals surface area contributed by atoms with Crippen molar-refractivity contribution in [1.29, 1.82) is 0 Å². The normalized spacial score (nSPS) is 33.0. The summed E-state index contributed by atoms with van der Waals surface area (Å²) in [6, 6.07) is 1.49. The molecule has 0 aromatic rings. The lowest BCUT2D eigenvalue weighted by molar-refractivity contribution is 0.0943. The van der Waals surface area contributed by atoms with Crippen molar-refractivity contribution >= 4 is 0 Å². The summed E-state index contributed by atoms with van der Waals surface area (Å²) >= 11 is 0. The van der Waals surface area contributed by atoms with Gasteiger partial charge in [-0.15, -0.1) is 0 Å². The van der Waals surface area contributed by atoms with Gasteiger partial charge in [-0.25, -0.2) is 0 Å². The van der Waals surface area contributed by atoms with E-state index in [0.29, 0.717) is 5.41 Å². The van der Waals surface area contributed by atoms with E-state index in [2.05, 4.69) is 31.0 Å². The van der Waals surface area contributed by atoms with Gasteiger partial charge >= 0.3 is 0 Å². The fraction of sp³-hybridized carbons (Fsp3) is 1.00. The lowest BCUT2D eigenvalue weighted by atomic mass is 9.76. The van der Waals surface area contributed by atoms with Crippen molar-refractivity contribution in [3.8, 4) is 0 Å². The maximum atomic E-state index is 3.61. The summed E-state index contributed by atoms with van der Waals surface area (Å²) in [5.41, 5.74) is 0.658. The van der Waals surface area contributed by atoms with Crippen molar-refractivity contribution < 1.29 is 0 Å². The van der Waals surface area contributed by atoms with Crippen LogP contribution in [0.1, 0.15) is 40.0 Å². The summed E-state index contributed by atoms with van der Waals surface area (Å²) in [5.74, 6) is 0. The molecule has 0 saturated carbocycles. The third kappa shape index (κ3) is 1.96. The molecule has 0 radical (unpaired) electrons. The van der Waals surface area contributed by atoms with E-state index in [-0.39, 0.29) is 0 Å². The van der Waals surface area contributed by atoms with E-state index < -0.39 is 0 Å². The van der Waals surface area contributed by atoms with E-state index in [1.807, 2.05) is 0 Å². The quantitative estimate of drug-likeness (QED) is 0.688. The smallest absolute Gasteiger partial charge is 0.00447 e. The predicted octanol–water partition coefficient (Wildman–Crippen LogP) is 1.86. The molecule has 2 aliphatic rings. The lowest BCUT2D eigenvalue weighted by Gasteiger charge is -2.40. The number of hydrogen-bond donors (Lipinski definition) is 1. The first kappa shape index (κ1) is 10.4. The highest BCUT2D eigenvalue weighted by Gasteiger charge is 2.39. The summed E-state index contributed by atoms with van der Waals surface area (Å²) in [7, 11) is 0. The molecule has 1 atom stereocenters. The third-order valence-corrected chi connectivity index (χ3v) is 4.15. The van der Waals surface area contributed by atoms with Crippen LogP contribution in [0.25, 0.3) is 0 Å². The van der Waals surface area contributed by atoms with Crippen LogP contribution in [0, 0.1) is 5.41 Å². The van der Waals surface area contributed by atoms with E-state index in [0.717, 1.165) is 12.1 Å². The van der Waals surface area contributed by atoms with E-state index in [1.165, 1.54) is 38.9 Å². The van der Waals surface area contributed by atoms with Crippen molar-refractivity contribution in [3.63, 3.8) is 0 Å². The van der Waals surface area contributed by atoms with Gasteiger partial charge in [-0.2, -0.15) is 0 Å². The Morgan fingerprint density at radius 1 is 1.29 bits per heavy atom. The molecule has 2 saturated heterocycles. The molecule has 2 aliphatic heterocycles. The first-order valence-corrected chi connectivity index (χ1v) is 6.09. The second kappa shape index (κ2) is 3.82. The molecule has 2 heterocycles. The van der Waals surface area contributed by atoms with E-state index in [4.69, 9.17) is 0 Å². The van der Waals surface area contributed by atoms with Crippen molar-refractivity contribution in [3.05, 3.63) is 0 Å². The molecule has 2 nitrogen and oxygen atoms in total. The summed E-state index contributed by atoms with van der Waals surface area (Å²) < 4.78 is 0. The van der Waals surface area contributed by atoms with Crippen LogP contribution >= 0.6 is 0 Å². The first-order valence-electron chi connectivity index (χ1n) is 6.09. The fourth-order valence-corrected chi connectivity index (χ4v) is 3.08. The monoisotopic (exact) mass is 196 g/mol. The van der Waals surface area contributed by atoms with Gasteiger partial charge in [0.15, 0.2) is 0 Å². The van der Waals surface area contributed by atoms with Gasteiger partial charge < -0.3 is 10.2 Å². The Hall–Kier alpha value is -0.0800. The minimum absolute atomic E-state index is 0.658. The number of rotatable bonds is 1. The predicted molar refractivity (Wildman–Crippen MR) is 60.5 cm³/mol. The summed E-state index contributed by atoms with van der Waals surface area (Å²) in [6.45, 7) is 10.8. The second-order valence-corrected chi connectivity index (χ2v) is 5.62. The first-order chi connectivity index (χ1) is 6.61. The lowest BCUT2D eigenvalue weighted by Crippen LogP contribution is -2.44. The van der Waals surface area contributed by atoms with Crippen LogP contribution in [0.2, 0.25) is 0 Å². The SMILES string of the molecule is CC(C)N1CCC2(CC1)CN[C@@H](C)C2. The molecule has 0 aromatic carbocycles. The van der Waals surface area contributed by atoms with Crippen molar-refractivity contribution in [2.45, 2.75) is 52.1 Å². The minimum atomic E-state index is 0.658. The largest absolute Gasteiger partial charge is 0.314 e. The van der Waals surface area contributed by atoms with Crippen molar-refractivity contribution in [1.82, 2.24) is 10.2 Å². The Morgan fingerprint density at radius 2 is 1.93 bits per heavy atom. The third-order valence-electron chi connectivity index (χ3n) is 4.15. The Balaban J connectivity index is 1.89. The molecule has 0 aromatic heterocycles. The highest BCUT2D eigenvalue weighted by molar-refractivity contribution is 4.95. The Bertz CT molecular complexity index is 192. The van der Waals surface area contributed by atoms with Gasteiger partial charge in [-0.1, -0.05) is 0 Å². The van der Waals surface area contributed by atoms with Gasteiger partial charge in [0, 0.05) is 18.6 Å². The van der Waals surface area contributed by atoms with E-state index in [1.54, 1.807) is 0 Å². The van der Waals surface area contributed by atoms with Crippen LogP contribution in [0.5, 0.6) is 0 Å². The maximum Gasteiger partial charge on any atom is 0.00447 e. The average Bonchev–Trinajstić information content (AvgIpc) is 2.48. The van der Waals surface area contributed by atoms with E-state index >= 15 is 0 Å². The zero-order chi connectivity index (χ0) is 10.2. The summed E-state index contributed by atoms with van der Waals surface area (Å²) in [5, 5.41) is 3.61. The zero-order valence-corrected chi connectivity index (χ0v) is 9.84. The second-order valence-electron chi connectivity index (χ2n) is 5.62. The molecule has 82 valence electrons. The number of piperidine rings is 1. The molecule has 0 unspecified atom stereocenters. The topological polar surface area (TPSA) is 15.3 Å². The number of nitrogens with zero attached hydrogens (tertiary/aromatic N) is 1. The van der Waals surface area contributed by atoms with Crippen molar-refractivity contribution in [2.24, 2.45) is 5.41 Å². The van der Waals surface area contributed by atoms with Crippen LogP contribution < -0.4 is 5.32 Å². The molecule has 2 heteroatoms. The Kier molecular flexibility index (Phi) is 2.85. The molecule has 14 heavy (non-hydrogen) atoms. The fourth-order valence-electron chi connectivity index (χ4n) is 3.08. The molecular formula is C12H24N2. The summed E-state index contributed by atoms with van der Waals surface area (Å²) in [4.78, 5) is 2.62. The molecule has 0 aliphatic carbocycles. The van der Waals surface area contributed by atoms with Crippen molar-refractivity contribution in [2.75, 3.05) is 19.6 Å². The standard InChI is InChI=1S/C12H24N2/c1-10(2)14-6-4-12(5-7-14)8-11(3)13-9-12/h10-11,13H,4-9H2,1-3H3/t11-/m0/s1. The van der Waals surface area contributed by atoms with Crippen LogP contribution in [0.3, 0.4) is 0 Å². The molecule has 1 spiro atoms. The number of hydrogen-bond acceptors (Lipinski definition) is 2. The van der Waals surface area contributed by atoms with Gasteiger partial charge in [0.1, 0.15) is 0 Å². The van der Waals surface area contributed by atoms with Gasteiger partial charge in [0.2, 0.25) is 0 Å². The van der Waals surface area contributed by atoms with Crippen LogP contribution in [-0.2, 0) is 0 Å². The molecular weight excluding hydrogens is 172 g/mol. The Labute approximate surface area is 88.1 Å². The number of likely N-dealkylation sites (tertiary alicyclic amines) is 1. The molecule has 2 rings (SSSR count). The minimum Gasteiger partial charge on any atom is -0.314 e. The van der Waals surface area contributed by atoms with Gasteiger partial charge in [0.25, 0.3) is 0 Å². The van der Waals surface area contributed by atoms with Crippen LogP contribution in [0.15, 0.2) is 0 Å². The number of nitrogens with one attached hydrogen (secondary N) is 1. The van der Waals surface area contributed by atoms with Crippen LogP contribution in [-0.4, -0.2) is 36.6 Å². The zero-order valence-electron chi connectivity index (χ0n) is 9.84. The maximum absolute atomic E-state index is 3.61. The molecule has 0 bridgehead atoms. The van der Waals surface area contributed by atoms with Gasteiger partial charge in [0.05, 0.1) is 0 Å². The van der Waals surface area contributed by atoms with Gasteiger partial charge in [-0.3, -0.25) is 0 Å².